The molecule has 20 nitrogen and oxygen atoms in total. The maximum absolute atomic E-state index is 14.5. The number of alkyl halides is 1. The Morgan fingerprint density at radius 2 is 1.86 bits per heavy atom. The lowest BCUT2D eigenvalue weighted by Crippen LogP contribution is -2.40. The number of rotatable bonds is 12. The quantitative estimate of drug-likeness (QED) is 0.0903. The number of imidazole rings is 1. The number of benzene rings is 1. The number of nitrogens with zero attached hydrogens (tertiary/aromatic N) is 8. The van der Waals surface area contributed by atoms with Crippen LogP contribution in [0, 0.1) is 11.1 Å². The van der Waals surface area contributed by atoms with Crippen LogP contribution in [0.1, 0.15) is 56.3 Å². The number of halogens is 1. The van der Waals surface area contributed by atoms with E-state index in [-0.39, 0.29) is 35.4 Å². The first-order chi connectivity index (χ1) is 30.7. The van der Waals surface area contributed by atoms with Crippen LogP contribution in [-0.2, 0) is 30.2 Å². The lowest BCUT2D eigenvalue weighted by atomic mass is 10.1. The van der Waals surface area contributed by atoms with E-state index in [1.165, 1.54) is 24.0 Å². The van der Waals surface area contributed by atoms with Crippen molar-refractivity contribution in [3.8, 4) is 5.75 Å². The van der Waals surface area contributed by atoms with Gasteiger partial charge in [0.2, 0.25) is 11.5 Å². The SMILES string of the molecule is CC(OC(=O)[C@@H](N)C(C)C)C(=O)OC[C@H]1O[C@@H](n2cnc3c(=O)[nH]c(N)nc32)C[C@@H]1F.CCN1c2ncc(CCOc3cc[n+]([O-])c4ccccc34)cc2C(=O)N(C)c2cccnc21. The standard InChI is InChI=1S/C25H23N5O3.C18H25FN6O6/c1-3-29-23-19(25(31)28(2)21-9-6-12-26-24(21)29)15-17(16-27-23)11-14-33-22-10-13-30(32)20-8-5-4-7-18(20)22;1-7(2)12(20)17(28)30-8(3)16(27)29-5-10-9(19)4-11(31-10)25-6-22-13-14(25)23-18(21)24-15(13)26/h4-10,12-13,15-16H,3,11,14H2,1-2H3;6-12H,4-5,20H2,1-3H3,(H3,21,23,24,26)/t;8?,9-,10+,11+,12-/m.0/s1. The van der Waals surface area contributed by atoms with Crippen molar-refractivity contribution in [2.45, 2.75) is 71.2 Å². The highest BCUT2D eigenvalue weighted by molar-refractivity contribution is 6.12. The van der Waals surface area contributed by atoms with E-state index in [1.807, 2.05) is 48.2 Å². The molecule has 2 aliphatic rings. The highest BCUT2D eigenvalue weighted by Gasteiger charge is 2.39. The summed E-state index contributed by atoms with van der Waals surface area (Å²) in [7, 11) is 1.75. The van der Waals surface area contributed by atoms with Crippen molar-refractivity contribution in [1.82, 2.24) is 29.5 Å². The van der Waals surface area contributed by atoms with Crippen LogP contribution in [0.25, 0.3) is 22.1 Å². The van der Waals surface area contributed by atoms with Gasteiger partial charge in [-0.25, -0.2) is 24.1 Å². The summed E-state index contributed by atoms with van der Waals surface area (Å²) in [5, 5.41) is 12.7. The fraction of sp³-hybridized carbons (Fsp3) is 0.372. The predicted molar refractivity (Wildman–Crippen MR) is 231 cm³/mol. The number of anilines is 4. The van der Waals surface area contributed by atoms with Crippen LogP contribution < -0.4 is 36.3 Å². The molecule has 6 aromatic rings. The van der Waals surface area contributed by atoms with E-state index >= 15 is 0 Å². The third kappa shape index (κ3) is 9.25. The maximum Gasteiger partial charge on any atom is 0.347 e. The normalized spacial score (nSPS) is 17.9. The summed E-state index contributed by atoms with van der Waals surface area (Å²) in [5.74, 6) is -0.0113. The molecule has 5 N–H and O–H groups in total. The summed E-state index contributed by atoms with van der Waals surface area (Å²) < 4.78 is 38.4. The molecule has 64 heavy (non-hydrogen) atoms. The van der Waals surface area contributed by atoms with Crippen molar-refractivity contribution >= 4 is 63.2 Å². The molecule has 1 amide bonds. The molecule has 2 aliphatic heterocycles. The number of aromatic nitrogens is 7. The molecular formula is C43H48FN11O9. The minimum atomic E-state index is -1.46. The van der Waals surface area contributed by atoms with Crippen LogP contribution >= 0.6 is 0 Å². The van der Waals surface area contributed by atoms with E-state index in [1.54, 1.807) is 50.3 Å². The second-order valence-electron chi connectivity index (χ2n) is 15.4. The molecule has 0 bridgehead atoms. The van der Waals surface area contributed by atoms with E-state index in [9.17, 15) is 28.8 Å². The Balaban J connectivity index is 0.000000192. The number of amides is 1. The average Bonchev–Trinajstić information content (AvgIpc) is 3.87. The summed E-state index contributed by atoms with van der Waals surface area (Å²) in [6.45, 7) is 7.46. The van der Waals surface area contributed by atoms with Gasteiger partial charge in [0.25, 0.3) is 11.5 Å². The second kappa shape index (κ2) is 19.0. The van der Waals surface area contributed by atoms with Gasteiger partial charge >= 0.3 is 11.9 Å². The lowest BCUT2D eigenvalue weighted by molar-refractivity contribution is -0.577. The van der Waals surface area contributed by atoms with Gasteiger partial charge < -0.3 is 45.4 Å². The minimum absolute atomic E-state index is 0.0401. The van der Waals surface area contributed by atoms with Crippen LogP contribution in [0.4, 0.5) is 27.7 Å². The van der Waals surface area contributed by atoms with Crippen molar-refractivity contribution in [1.29, 1.82) is 0 Å². The molecule has 0 saturated carbocycles. The Morgan fingerprint density at radius 1 is 1.08 bits per heavy atom. The monoisotopic (exact) mass is 881 g/mol. The van der Waals surface area contributed by atoms with Gasteiger partial charge in [0, 0.05) is 51.0 Å². The first-order valence-electron chi connectivity index (χ1n) is 20.5. The summed E-state index contributed by atoms with van der Waals surface area (Å²) in [5.41, 5.74) is 13.6. The minimum Gasteiger partial charge on any atom is -0.618 e. The summed E-state index contributed by atoms with van der Waals surface area (Å²) in [4.78, 5) is 72.1. The molecule has 1 saturated heterocycles. The number of carbonyl (C=O) groups excluding carboxylic acids is 3. The molecule has 0 aliphatic carbocycles. The fourth-order valence-corrected chi connectivity index (χ4v) is 7.16. The van der Waals surface area contributed by atoms with Gasteiger partial charge in [-0.3, -0.25) is 23.9 Å². The topological polar surface area (TPSA) is 263 Å². The van der Waals surface area contributed by atoms with Gasteiger partial charge in [-0.2, -0.15) is 9.71 Å². The molecule has 21 heteroatoms. The average molecular weight is 882 g/mol. The Bertz CT molecular complexity index is 2750. The first-order valence-corrected chi connectivity index (χ1v) is 20.5. The Hall–Kier alpha value is -7.26. The molecule has 5 aromatic heterocycles. The molecule has 8 rings (SSSR count). The number of H-pyrrole nitrogens is 1. The molecular weight excluding hydrogens is 834 g/mol. The third-order valence-corrected chi connectivity index (χ3v) is 10.8. The lowest BCUT2D eigenvalue weighted by Gasteiger charge is -2.22. The van der Waals surface area contributed by atoms with E-state index in [2.05, 4.69) is 24.9 Å². The number of esters is 2. The van der Waals surface area contributed by atoms with E-state index in [0.29, 0.717) is 48.0 Å². The molecule has 7 heterocycles. The molecule has 0 spiro atoms. The van der Waals surface area contributed by atoms with Gasteiger partial charge in [0.05, 0.1) is 29.6 Å². The number of ether oxygens (including phenoxy) is 4. The number of fused-ring (bicyclic) bond motifs is 4. The van der Waals surface area contributed by atoms with E-state index < -0.39 is 54.8 Å². The summed E-state index contributed by atoms with van der Waals surface area (Å²) >= 11 is 0. The highest BCUT2D eigenvalue weighted by atomic mass is 19.1. The van der Waals surface area contributed by atoms with Crippen LogP contribution in [0.15, 0.2) is 78.2 Å². The highest BCUT2D eigenvalue weighted by Crippen LogP contribution is 2.38. The number of aromatic amines is 1. The molecule has 1 fully saturated rings. The largest absolute Gasteiger partial charge is 0.618 e. The van der Waals surface area contributed by atoms with Crippen LogP contribution in [0.5, 0.6) is 5.75 Å². The zero-order chi connectivity index (χ0) is 45.8. The number of nitrogen functional groups attached to an aromatic ring is 1. The molecule has 1 aromatic carbocycles. The summed E-state index contributed by atoms with van der Waals surface area (Å²) in [6, 6.07) is 13.7. The Labute approximate surface area is 365 Å². The van der Waals surface area contributed by atoms with Crippen molar-refractivity contribution in [2.75, 3.05) is 42.3 Å². The number of para-hydroxylation sites is 1. The number of carbonyl (C=O) groups is 3. The fourth-order valence-electron chi connectivity index (χ4n) is 7.16. The zero-order valence-electron chi connectivity index (χ0n) is 35.7. The van der Waals surface area contributed by atoms with Crippen LogP contribution in [0.3, 0.4) is 0 Å². The number of nitrogens with two attached hydrogens (primary N) is 2. The van der Waals surface area contributed by atoms with E-state index in [4.69, 9.17) is 30.4 Å². The smallest absolute Gasteiger partial charge is 0.347 e. The summed E-state index contributed by atoms with van der Waals surface area (Å²) in [6.07, 6.45) is 2.19. The number of pyridine rings is 3. The Kier molecular flexibility index (Phi) is 13.3. The van der Waals surface area contributed by atoms with Gasteiger partial charge in [0.1, 0.15) is 42.7 Å². The molecule has 1 unspecified atom stereocenters. The van der Waals surface area contributed by atoms with Gasteiger partial charge in [-0.15, -0.1) is 0 Å². The molecule has 5 atom stereocenters. The van der Waals surface area contributed by atoms with Gasteiger partial charge in [0.15, 0.2) is 29.3 Å². The number of hydrogen-bond donors (Lipinski definition) is 3. The first kappa shape index (κ1) is 44.8. The predicted octanol–water partition coefficient (Wildman–Crippen LogP) is 3.42. The maximum atomic E-state index is 14.5. The van der Waals surface area contributed by atoms with Crippen molar-refractivity contribution in [3.05, 3.63) is 100 Å². The van der Waals surface area contributed by atoms with Crippen molar-refractivity contribution < 1.29 is 42.5 Å². The molecule has 336 valence electrons. The number of nitrogens with one attached hydrogen (secondary N) is 1. The number of hydrogen-bond acceptors (Lipinski definition) is 16. The third-order valence-electron chi connectivity index (χ3n) is 10.8. The zero-order valence-corrected chi connectivity index (χ0v) is 35.7. The molecule has 0 radical (unpaired) electrons. The van der Waals surface area contributed by atoms with Crippen molar-refractivity contribution in [3.63, 3.8) is 0 Å². The Morgan fingerprint density at radius 3 is 2.62 bits per heavy atom. The second-order valence-corrected chi connectivity index (χ2v) is 15.4. The van der Waals surface area contributed by atoms with Crippen LogP contribution in [0.2, 0.25) is 0 Å². The van der Waals surface area contributed by atoms with Gasteiger partial charge in [-0.05, 0) is 49.6 Å². The van der Waals surface area contributed by atoms with Crippen LogP contribution in [-0.4, -0.2) is 98.6 Å². The van der Waals surface area contributed by atoms with Crippen molar-refractivity contribution in [2.24, 2.45) is 11.7 Å². The van der Waals surface area contributed by atoms with E-state index in [0.717, 1.165) is 21.4 Å². The van der Waals surface area contributed by atoms with Gasteiger partial charge in [-0.1, -0.05) is 26.0 Å².